The monoisotopic (exact) mass is 252 g/mol. The summed E-state index contributed by atoms with van der Waals surface area (Å²) in [5.41, 5.74) is 5.05. The number of carbonyl (C=O) groups excluding carboxylic acids is 2. The zero-order chi connectivity index (χ0) is 13.5. The van der Waals surface area contributed by atoms with Gasteiger partial charge in [0.05, 0.1) is 0 Å². The lowest BCUT2D eigenvalue weighted by Gasteiger charge is -2.08. The second-order valence-corrected chi connectivity index (χ2v) is 4.36. The summed E-state index contributed by atoms with van der Waals surface area (Å²) >= 11 is 0. The lowest BCUT2D eigenvalue weighted by molar-refractivity contribution is -0.120. The summed E-state index contributed by atoms with van der Waals surface area (Å²) in [6, 6.07) is 1.71. The average molecular weight is 252 g/mol. The van der Waals surface area contributed by atoms with Gasteiger partial charge in [-0.05, 0) is 6.42 Å². The molecular weight excluding hydrogens is 232 g/mol. The Morgan fingerprint density at radius 1 is 1.56 bits per heavy atom. The van der Waals surface area contributed by atoms with Gasteiger partial charge in [-0.3, -0.25) is 14.3 Å². The van der Waals surface area contributed by atoms with Crippen LogP contribution >= 0.6 is 0 Å². The maximum atomic E-state index is 11.7. The maximum Gasteiger partial charge on any atom is 0.228 e. The fraction of sp³-hybridized carbons (Fsp3) is 0.583. The first-order chi connectivity index (χ1) is 8.52. The van der Waals surface area contributed by atoms with Gasteiger partial charge in [-0.25, -0.2) is 0 Å². The van der Waals surface area contributed by atoms with Crippen molar-refractivity contribution in [3.63, 3.8) is 0 Å². The van der Waals surface area contributed by atoms with E-state index in [2.05, 4.69) is 10.4 Å². The molecule has 1 aromatic rings. The number of anilines is 1. The third kappa shape index (κ3) is 4.57. The van der Waals surface area contributed by atoms with E-state index in [-0.39, 0.29) is 24.2 Å². The summed E-state index contributed by atoms with van der Waals surface area (Å²) in [6.07, 6.45) is 3.78. The third-order valence-electron chi connectivity index (χ3n) is 2.65. The summed E-state index contributed by atoms with van der Waals surface area (Å²) < 4.78 is 1.59. The number of nitrogens with one attached hydrogen (secondary N) is 1. The number of hydrogen-bond donors (Lipinski definition) is 2. The smallest absolute Gasteiger partial charge is 0.228 e. The van der Waals surface area contributed by atoms with Crippen LogP contribution in [0, 0.1) is 5.92 Å². The molecule has 0 bridgehead atoms. The van der Waals surface area contributed by atoms with E-state index in [0.717, 1.165) is 12.8 Å². The molecule has 2 amide bonds. The van der Waals surface area contributed by atoms with E-state index in [9.17, 15) is 9.59 Å². The molecule has 1 aromatic heterocycles. The molecular formula is C12H20N4O2. The van der Waals surface area contributed by atoms with Crippen LogP contribution in [0.25, 0.3) is 0 Å². The Morgan fingerprint density at radius 2 is 2.28 bits per heavy atom. The minimum absolute atomic E-state index is 0.0224. The van der Waals surface area contributed by atoms with Gasteiger partial charge in [-0.2, -0.15) is 5.10 Å². The standard InChI is InChI=1S/C12H20N4O2/c1-3-4-9(2)12(18)14-11-6-8-16(15-11)7-5-10(13)17/h6,8-9H,3-5,7H2,1-2H3,(H2,13,17)(H,14,15,18). The first-order valence-electron chi connectivity index (χ1n) is 6.15. The fourth-order valence-corrected chi connectivity index (χ4v) is 1.59. The molecule has 0 aromatic carbocycles. The van der Waals surface area contributed by atoms with Crippen LogP contribution < -0.4 is 11.1 Å². The zero-order valence-electron chi connectivity index (χ0n) is 10.8. The summed E-state index contributed by atoms with van der Waals surface area (Å²) in [5, 5.41) is 6.89. The van der Waals surface area contributed by atoms with Crippen molar-refractivity contribution >= 4 is 17.6 Å². The normalized spacial score (nSPS) is 12.1. The molecule has 1 unspecified atom stereocenters. The van der Waals surface area contributed by atoms with Crippen LogP contribution in [-0.2, 0) is 16.1 Å². The molecule has 1 atom stereocenters. The van der Waals surface area contributed by atoms with E-state index in [1.165, 1.54) is 0 Å². The Morgan fingerprint density at radius 3 is 2.89 bits per heavy atom. The molecule has 6 heteroatoms. The highest BCUT2D eigenvalue weighted by Gasteiger charge is 2.12. The van der Waals surface area contributed by atoms with Crippen LogP contribution in [0.2, 0.25) is 0 Å². The molecule has 0 aliphatic heterocycles. The number of aromatic nitrogens is 2. The number of primary amides is 1. The quantitative estimate of drug-likeness (QED) is 0.762. The van der Waals surface area contributed by atoms with Crippen LogP contribution in [-0.4, -0.2) is 21.6 Å². The van der Waals surface area contributed by atoms with E-state index >= 15 is 0 Å². The molecule has 18 heavy (non-hydrogen) atoms. The first-order valence-corrected chi connectivity index (χ1v) is 6.15. The molecule has 0 radical (unpaired) electrons. The van der Waals surface area contributed by atoms with Gasteiger partial charge in [0, 0.05) is 31.1 Å². The molecule has 0 spiro atoms. The van der Waals surface area contributed by atoms with Gasteiger partial charge in [0.25, 0.3) is 0 Å². The minimum Gasteiger partial charge on any atom is -0.370 e. The number of nitrogens with two attached hydrogens (primary N) is 1. The molecule has 3 N–H and O–H groups in total. The summed E-state index contributed by atoms with van der Waals surface area (Å²) in [7, 11) is 0. The van der Waals surface area contributed by atoms with Gasteiger partial charge in [-0.1, -0.05) is 20.3 Å². The molecule has 1 heterocycles. The van der Waals surface area contributed by atoms with Gasteiger partial charge in [0.2, 0.25) is 11.8 Å². The van der Waals surface area contributed by atoms with Gasteiger partial charge in [0.1, 0.15) is 0 Å². The van der Waals surface area contributed by atoms with Crippen LogP contribution in [0.4, 0.5) is 5.82 Å². The second-order valence-electron chi connectivity index (χ2n) is 4.36. The number of hydrogen-bond acceptors (Lipinski definition) is 3. The van der Waals surface area contributed by atoms with Gasteiger partial charge >= 0.3 is 0 Å². The van der Waals surface area contributed by atoms with Crippen molar-refractivity contribution in [2.24, 2.45) is 11.7 Å². The van der Waals surface area contributed by atoms with E-state index in [1.54, 1.807) is 16.9 Å². The fourth-order valence-electron chi connectivity index (χ4n) is 1.59. The third-order valence-corrected chi connectivity index (χ3v) is 2.65. The molecule has 0 saturated carbocycles. The Hall–Kier alpha value is -1.85. The van der Waals surface area contributed by atoms with Crippen LogP contribution in [0.15, 0.2) is 12.3 Å². The number of aryl methyl sites for hydroxylation is 1. The highest BCUT2D eigenvalue weighted by atomic mass is 16.2. The topological polar surface area (TPSA) is 90.0 Å². The molecule has 100 valence electrons. The van der Waals surface area contributed by atoms with Crippen molar-refractivity contribution in [2.75, 3.05) is 5.32 Å². The maximum absolute atomic E-state index is 11.7. The number of amides is 2. The van der Waals surface area contributed by atoms with Gasteiger partial charge in [-0.15, -0.1) is 0 Å². The summed E-state index contributed by atoms with van der Waals surface area (Å²) in [4.78, 5) is 22.4. The number of nitrogens with zero attached hydrogens (tertiary/aromatic N) is 2. The van der Waals surface area contributed by atoms with Crippen LogP contribution in [0.5, 0.6) is 0 Å². The SMILES string of the molecule is CCCC(C)C(=O)Nc1ccn(CCC(N)=O)n1. The minimum atomic E-state index is -0.368. The van der Waals surface area contributed by atoms with Crippen molar-refractivity contribution in [2.45, 2.75) is 39.7 Å². The molecule has 0 aliphatic carbocycles. The van der Waals surface area contributed by atoms with Crippen LogP contribution in [0.3, 0.4) is 0 Å². The van der Waals surface area contributed by atoms with E-state index < -0.39 is 0 Å². The predicted octanol–water partition coefficient (Wildman–Crippen LogP) is 1.13. The Bertz CT molecular complexity index is 414. The number of rotatable bonds is 7. The van der Waals surface area contributed by atoms with Crippen molar-refractivity contribution < 1.29 is 9.59 Å². The summed E-state index contributed by atoms with van der Waals surface area (Å²) in [6.45, 7) is 4.36. The molecule has 0 aliphatic rings. The highest BCUT2D eigenvalue weighted by molar-refractivity contribution is 5.91. The lowest BCUT2D eigenvalue weighted by atomic mass is 10.1. The average Bonchev–Trinajstić information content (AvgIpc) is 2.74. The first kappa shape index (κ1) is 14.2. The van der Waals surface area contributed by atoms with Gasteiger partial charge in [0.15, 0.2) is 5.82 Å². The second kappa shape index (κ2) is 6.78. The van der Waals surface area contributed by atoms with Crippen molar-refractivity contribution in [1.29, 1.82) is 0 Å². The Balaban J connectivity index is 2.48. The van der Waals surface area contributed by atoms with Crippen molar-refractivity contribution in [3.8, 4) is 0 Å². The number of carbonyl (C=O) groups is 2. The van der Waals surface area contributed by atoms with Gasteiger partial charge < -0.3 is 11.1 Å². The zero-order valence-corrected chi connectivity index (χ0v) is 10.8. The lowest BCUT2D eigenvalue weighted by Crippen LogP contribution is -2.20. The molecule has 6 nitrogen and oxygen atoms in total. The predicted molar refractivity (Wildman–Crippen MR) is 68.7 cm³/mol. The molecule has 0 fully saturated rings. The highest BCUT2D eigenvalue weighted by Crippen LogP contribution is 2.09. The van der Waals surface area contributed by atoms with E-state index in [4.69, 9.17) is 5.73 Å². The van der Waals surface area contributed by atoms with E-state index in [0.29, 0.717) is 12.4 Å². The summed E-state index contributed by atoms with van der Waals surface area (Å²) in [5.74, 6) is 0.0860. The molecule has 1 rings (SSSR count). The molecule has 0 saturated heterocycles. The Kier molecular flexibility index (Phi) is 5.35. The van der Waals surface area contributed by atoms with Crippen LogP contribution in [0.1, 0.15) is 33.1 Å². The van der Waals surface area contributed by atoms with Crippen molar-refractivity contribution in [3.05, 3.63) is 12.3 Å². The van der Waals surface area contributed by atoms with Crippen molar-refractivity contribution in [1.82, 2.24) is 9.78 Å². The Labute approximate surface area is 107 Å². The van der Waals surface area contributed by atoms with E-state index in [1.807, 2.05) is 13.8 Å². The largest absolute Gasteiger partial charge is 0.370 e.